The average molecular weight is 474 g/mol. The van der Waals surface area contributed by atoms with Crippen LogP contribution in [-0.4, -0.2) is 43.9 Å². The number of nitrogens with one attached hydrogen (secondary N) is 2. The van der Waals surface area contributed by atoms with E-state index in [0.717, 1.165) is 5.69 Å². The van der Waals surface area contributed by atoms with Gasteiger partial charge in [0.1, 0.15) is 17.2 Å². The second kappa shape index (κ2) is 8.82. The highest BCUT2D eigenvalue weighted by Gasteiger charge is 2.21. The fourth-order valence-corrected chi connectivity index (χ4v) is 3.68. The van der Waals surface area contributed by atoms with Crippen molar-refractivity contribution < 1.29 is 14.1 Å². The van der Waals surface area contributed by atoms with E-state index in [0.29, 0.717) is 28.6 Å². The summed E-state index contributed by atoms with van der Waals surface area (Å²) in [6.07, 6.45) is 0. The van der Waals surface area contributed by atoms with E-state index in [1.165, 1.54) is 0 Å². The molecule has 0 spiro atoms. The van der Waals surface area contributed by atoms with Crippen molar-refractivity contribution in [3.05, 3.63) is 64.6 Å². The first-order valence-electron chi connectivity index (χ1n) is 10.6. The van der Waals surface area contributed by atoms with E-state index in [4.69, 9.17) is 14.1 Å². The first kappa shape index (κ1) is 21.9. The highest BCUT2D eigenvalue weighted by atomic mass is 16.6. The van der Waals surface area contributed by atoms with Gasteiger partial charge in [-0.15, -0.1) is 0 Å². The zero-order chi connectivity index (χ0) is 24.5. The minimum absolute atomic E-state index is 0.188. The highest BCUT2D eigenvalue weighted by molar-refractivity contribution is 5.81. The predicted octanol–water partition coefficient (Wildman–Crippen LogP) is 3.32. The highest BCUT2D eigenvalue weighted by Crippen LogP contribution is 2.34. The predicted molar refractivity (Wildman–Crippen MR) is 129 cm³/mol. The number of para-hydroxylation sites is 1. The SMILES string of the molecule is COc1ccc(OC)c(Nc2nc3nonc3nc2Nc2c(C)n(C)n(-c3ccccc3)c2=O)c1. The molecular weight excluding hydrogens is 452 g/mol. The number of aromatic nitrogens is 6. The van der Waals surface area contributed by atoms with Crippen LogP contribution in [0, 0.1) is 6.92 Å². The first-order chi connectivity index (χ1) is 17.0. The summed E-state index contributed by atoms with van der Waals surface area (Å²) >= 11 is 0. The van der Waals surface area contributed by atoms with Gasteiger partial charge in [0.05, 0.1) is 31.3 Å². The third-order valence-electron chi connectivity index (χ3n) is 5.57. The summed E-state index contributed by atoms with van der Waals surface area (Å²) in [5, 5.41) is 13.9. The number of hydrogen-bond donors (Lipinski definition) is 2. The Morgan fingerprint density at radius 1 is 0.914 bits per heavy atom. The summed E-state index contributed by atoms with van der Waals surface area (Å²) in [5.74, 6) is 1.71. The van der Waals surface area contributed by atoms with E-state index < -0.39 is 0 Å². The zero-order valence-corrected chi connectivity index (χ0v) is 19.4. The molecule has 0 unspecified atom stereocenters. The molecule has 0 aliphatic heterocycles. The molecule has 2 aromatic carbocycles. The van der Waals surface area contributed by atoms with Gasteiger partial charge in [-0.3, -0.25) is 9.48 Å². The van der Waals surface area contributed by atoms with Crippen molar-refractivity contribution in [3.63, 3.8) is 0 Å². The summed E-state index contributed by atoms with van der Waals surface area (Å²) in [6.45, 7) is 1.84. The first-order valence-corrected chi connectivity index (χ1v) is 10.6. The van der Waals surface area contributed by atoms with Crippen molar-refractivity contribution in [2.75, 3.05) is 24.9 Å². The van der Waals surface area contributed by atoms with Gasteiger partial charge in [0, 0.05) is 13.1 Å². The standard InChI is InChI=1S/C23H22N8O4/c1-13-18(23(32)31(30(13)2)14-8-6-5-7-9-14)25-20-19(26-21-22(27-20)29-35-28-21)24-16-12-15(33-3)10-11-17(16)34-4/h5-12H,1-4H3,(H,24,26,28)(H,25,27,29). The van der Waals surface area contributed by atoms with E-state index in [1.54, 1.807) is 41.8 Å². The third kappa shape index (κ3) is 3.90. The van der Waals surface area contributed by atoms with Crippen LogP contribution in [0.3, 0.4) is 0 Å². The molecule has 5 rings (SSSR count). The molecule has 12 nitrogen and oxygen atoms in total. The average Bonchev–Trinajstić information content (AvgIpc) is 3.42. The Kier molecular flexibility index (Phi) is 5.53. The molecule has 0 amide bonds. The fourth-order valence-electron chi connectivity index (χ4n) is 3.68. The molecule has 5 aromatic rings. The molecule has 0 fully saturated rings. The van der Waals surface area contributed by atoms with E-state index in [9.17, 15) is 4.79 Å². The van der Waals surface area contributed by atoms with Gasteiger partial charge < -0.3 is 20.1 Å². The fraction of sp³-hybridized carbons (Fsp3) is 0.174. The van der Waals surface area contributed by atoms with Crippen molar-refractivity contribution >= 4 is 34.3 Å². The maximum Gasteiger partial charge on any atom is 0.295 e. The molecule has 0 saturated heterocycles. The van der Waals surface area contributed by atoms with Gasteiger partial charge >= 0.3 is 0 Å². The molecule has 0 aliphatic rings. The van der Waals surface area contributed by atoms with Crippen LogP contribution in [-0.2, 0) is 7.05 Å². The second-order valence-electron chi connectivity index (χ2n) is 7.58. The van der Waals surface area contributed by atoms with Gasteiger partial charge in [-0.1, -0.05) is 18.2 Å². The lowest BCUT2D eigenvalue weighted by molar-refractivity contribution is 0.314. The lowest BCUT2D eigenvalue weighted by Gasteiger charge is -2.14. The normalized spacial score (nSPS) is 11.0. The summed E-state index contributed by atoms with van der Waals surface area (Å²) < 4.78 is 18.9. The summed E-state index contributed by atoms with van der Waals surface area (Å²) in [6, 6.07) is 14.7. The van der Waals surface area contributed by atoms with E-state index >= 15 is 0 Å². The largest absolute Gasteiger partial charge is 0.497 e. The minimum Gasteiger partial charge on any atom is -0.497 e. The number of benzene rings is 2. The smallest absolute Gasteiger partial charge is 0.295 e. The topological polar surface area (TPSA) is 134 Å². The summed E-state index contributed by atoms with van der Waals surface area (Å²) in [7, 11) is 4.94. The van der Waals surface area contributed by atoms with Crippen molar-refractivity contribution in [2.45, 2.75) is 6.92 Å². The van der Waals surface area contributed by atoms with Gasteiger partial charge in [-0.25, -0.2) is 19.3 Å². The van der Waals surface area contributed by atoms with Crippen LogP contribution in [0.5, 0.6) is 11.5 Å². The molecule has 0 saturated carbocycles. The molecule has 0 atom stereocenters. The van der Waals surface area contributed by atoms with Crippen molar-refractivity contribution in [1.29, 1.82) is 0 Å². The van der Waals surface area contributed by atoms with Crippen LogP contribution in [0.1, 0.15) is 5.69 Å². The molecule has 12 heteroatoms. The van der Waals surface area contributed by atoms with Crippen molar-refractivity contribution in [1.82, 2.24) is 29.6 Å². The molecule has 178 valence electrons. The number of nitrogens with zero attached hydrogens (tertiary/aromatic N) is 6. The van der Waals surface area contributed by atoms with Gasteiger partial charge in [0.25, 0.3) is 5.56 Å². The number of rotatable bonds is 7. The molecule has 3 heterocycles. The van der Waals surface area contributed by atoms with Crippen LogP contribution < -0.4 is 25.7 Å². The van der Waals surface area contributed by atoms with Gasteiger partial charge in [-0.05, 0) is 41.5 Å². The zero-order valence-electron chi connectivity index (χ0n) is 19.4. The maximum absolute atomic E-state index is 13.4. The number of methoxy groups -OCH3 is 2. The van der Waals surface area contributed by atoms with Crippen LogP contribution in [0.4, 0.5) is 23.0 Å². The molecule has 2 N–H and O–H groups in total. The maximum atomic E-state index is 13.4. The van der Waals surface area contributed by atoms with Crippen molar-refractivity contribution in [2.24, 2.45) is 7.05 Å². The van der Waals surface area contributed by atoms with E-state index in [1.807, 2.05) is 44.3 Å². The Morgan fingerprint density at radius 2 is 1.60 bits per heavy atom. The number of hydrogen-bond acceptors (Lipinski definition) is 10. The van der Waals surface area contributed by atoms with Crippen LogP contribution in [0.15, 0.2) is 58.0 Å². The van der Waals surface area contributed by atoms with Crippen LogP contribution in [0.2, 0.25) is 0 Å². The summed E-state index contributed by atoms with van der Waals surface area (Å²) in [5.41, 5.74) is 2.48. The lowest BCUT2D eigenvalue weighted by Crippen LogP contribution is -2.20. The Morgan fingerprint density at radius 3 is 2.26 bits per heavy atom. The van der Waals surface area contributed by atoms with Crippen molar-refractivity contribution in [3.8, 4) is 17.2 Å². The Bertz CT molecular complexity index is 1570. The number of anilines is 4. The molecule has 0 radical (unpaired) electrons. The van der Waals surface area contributed by atoms with Gasteiger partial charge in [-0.2, -0.15) is 0 Å². The van der Waals surface area contributed by atoms with Crippen LogP contribution in [0.25, 0.3) is 17.0 Å². The Hall–Kier alpha value is -4.87. The van der Waals surface area contributed by atoms with E-state index in [2.05, 4.69) is 30.9 Å². The van der Waals surface area contributed by atoms with Crippen LogP contribution >= 0.6 is 0 Å². The van der Waals surface area contributed by atoms with Gasteiger partial charge in [0.2, 0.25) is 11.3 Å². The quantitative estimate of drug-likeness (QED) is 0.362. The number of ether oxygens (including phenoxy) is 2. The Labute approximate surface area is 199 Å². The molecule has 35 heavy (non-hydrogen) atoms. The second-order valence-corrected chi connectivity index (χ2v) is 7.58. The molecule has 0 bridgehead atoms. The number of fused-ring (bicyclic) bond motifs is 1. The monoisotopic (exact) mass is 474 g/mol. The third-order valence-corrected chi connectivity index (χ3v) is 5.57. The summed E-state index contributed by atoms with van der Waals surface area (Å²) in [4.78, 5) is 22.4. The molecular formula is C23H22N8O4. The molecule has 3 aromatic heterocycles. The van der Waals surface area contributed by atoms with Gasteiger partial charge in [0.15, 0.2) is 11.6 Å². The van der Waals surface area contributed by atoms with E-state index in [-0.39, 0.29) is 28.5 Å². The Balaban J connectivity index is 1.61. The minimum atomic E-state index is -0.249. The lowest BCUT2D eigenvalue weighted by atomic mass is 10.2. The molecule has 0 aliphatic carbocycles.